The van der Waals surface area contributed by atoms with Gasteiger partial charge in [0.1, 0.15) is 5.82 Å². The van der Waals surface area contributed by atoms with E-state index in [1.54, 1.807) is 6.07 Å². The number of nitrogens with one attached hydrogen (secondary N) is 1. The standard InChI is InChI=1S/C20H18F4N2O4S/c1-12(20(22,23)24)17-9-15(6-3-13(17)10-25)26-18(27)19(2,28)11-31(29,30)16-7-4-14(21)5-8-16/h3-9,12,28H,11H2,1-2H3,(H,26,27). The van der Waals surface area contributed by atoms with E-state index in [2.05, 4.69) is 5.32 Å². The highest BCUT2D eigenvalue weighted by molar-refractivity contribution is 7.91. The lowest BCUT2D eigenvalue weighted by molar-refractivity contribution is -0.146. The first-order chi connectivity index (χ1) is 14.2. The van der Waals surface area contributed by atoms with Crippen molar-refractivity contribution in [3.8, 4) is 6.07 Å². The number of amides is 1. The second kappa shape index (κ2) is 8.64. The van der Waals surface area contributed by atoms with Crippen LogP contribution in [0.15, 0.2) is 47.4 Å². The quantitative estimate of drug-likeness (QED) is 0.509. The molecule has 0 saturated carbocycles. The van der Waals surface area contributed by atoms with E-state index in [0.29, 0.717) is 0 Å². The first-order valence-electron chi connectivity index (χ1n) is 8.80. The number of sulfone groups is 1. The molecule has 0 aliphatic heterocycles. The molecule has 0 radical (unpaired) electrons. The number of hydrogen-bond donors (Lipinski definition) is 2. The number of aliphatic hydroxyl groups is 1. The van der Waals surface area contributed by atoms with Gasteiger partial charge in [0.05, 0.1) is 28.2 Å². The van der Waals surface area contributed by atoms with Crippen LogP contribution in [0.4, 0.5) is 23.2 Å². The Morgan fingerprint density at radius 2 is 1.77 bits per heavy atom. The van der Waals surface area contributed by atoms with Crippen molar-refractivity contribution in [1.82, 2.24) is 0 Å². The Labute approximate surface area is 176 Å². The lowest BCUT2D eigenvalue weighted by atomic mass is 9.95. The smallest absolute Gasteiger partial charge is 0.379 e. The normalized spacial score (nSPS) is 14.9. The minimum absolute atomic E-state index is 0.158. The fraction of sp³-hybridized carbons (Fsp3) is 0.300. The van der Waals surface area contributed by atoms with E-state index in [9.17, 15) is 35.9 Å². The summed E-state index contributed by atoms with van der Waals surface area (Å²) in [5, 5.41) is 21.6. The first kappa shape index (κ1) is 24.3. The highest BCUT2D eigenvalue weighted by Crippen LogP contribution is 2.37. The number of carbonyl (C=O) groups excluding carboxylic acids is 1. The van der Waals surface area contributed by atoms with E-state index >= 15 is 0 Å². The number of carbonyl (C=O) groups is 1. The maximum absolute atomic E-state index is 13.1. The van der Waals surface area contributed by atoms with Gasteiger partial charge in [-0.3, -0.25) is 4.79 Å². The maximum atomic E-state index is 13.1. The van der Waals surface area contributed by atoms with E-state index in [1.165, 1.54) is 0 Å². The molecule has 1 amide bonds. The molecule has 6 nitrogen and oxygen atoms in total. The van der Waals surface area contributed by atoms with Gasteiger partial charge in [-0.1, -0.05) is 0 Å². The zero-order valence-electron chi connectivity index (χ0n) is 16.4. The van der Waals surface area contributed by atoms with E-state index < -0.39 is 45.0 Å². The van der Waals surface area contributed by atoms with Crippen LogP contribution in [0.5, 0.6) is 0 Å². The molecule has 2 aromatic rings. The summed E-state index contributed by atoms with van der Waals surface area (Å²) < 4.78 is 77.1. The van der Waals surface area contributed by atoms with E-state index in [1.807, 2.05) is 0 Å². The SMILES string of the molecule is CC(c1cc(NC(=O)C(C)(O)CS(=O)(=O)c2ccc(F)cc2)ccc1C#N)C(F)(F)F. The third-order valence-corrected chi connectivity index (χ3v) is 6.45. The van der Waals surface area contributed by atoms with Crippen LogP contribution < -0.4 is 5.32 Å². The molecule has 0 aliphatic carbocycles. The van der Waals surface area contributed by atoms with Crippen LogP contribution in [0.1, 0.15) is 30.9 Å². The van der Waals surface area contributed by atoms with Gasteiger partial charge in [0.15, 0.2) is 15.4 Å². The Kier molecular flexibility index (Phi) is 6.78. The molecule has 166 valence electrons. The molecule has 2 unspecified atom stereocenters. The van der Waals surface area contributed by atoms with Crippen LogP contribution in [-0.2, 0) is 14.6 Å². The maximum Gasteiger partial charge on any atom is 0.395 e. The van der Waals surface area contributed by atoms with Crippen molar-refractivity contribution in [1.29, 1.82) is 5.26 Å². The van der Waals surface area contributed by atoms with Gasteiger partial charge in [-0.2, -0.15) is 18.4 Å². The molecule has 2 atom stereocenters. The molecule has 0 aromatic heterocycles. The van der Waals surface area contributed by atoms with Gasteiger partial charge < -0.3 is 10.4 Å². The number of hydrogen-bond acceptors (Lipinski definition) is 5. The summed E-state index contributed by atoms with van der Waals surface area (Å²) in [6.07, 6.45) is -4.64. The molecule has 0 saturated heterocycles. The summed E-state index contributed by atoms with van der Waals surface area (Å²) in [7, 11) is -4.19. The van der Waals surface area contributed by atoms with Gasteiger partial charge in [-0.05, 0) is 61.9 Å². The van der Waals surface area contributed by atoms with Gasteiger partial charge >= 0.3 is 6.18 Å². The molecule has 31 heavy (non-hydrogen) atoms. The second-order valence-electron chi connectivity index (χ2n) is 7.12. The highest BCUT2D eigenvalue weighted by atomic mass is 32.2. The van der Waals surface area contributed by atoms with E-state index in [0.717, 1.165) is 56.3 Å². The molecule has 2 aromatic carbocycles. The van der Waals surface area contributed by atoms with Gasteiger partial charge in [0, 0.05) is 5.69 Å². The predicted molar refractivity (Wildman–Crippen MR) is 103 cm³/mol. The van der Waals surface area contributed by atoms with Gasteiger partial charge in [-0.15, -0.1) is 0 Å². The van der Waals surface area contributed by atoms with Crippen LogP contribution in [0.3, 0.4) is 0 Å². The molecule has 2 rings (SSSR count). The largest absolute Gasteiger partial charge is 0.395 e. The number of nitrogens with zero attached hydrogens (tertiary/aromatic N) is 1. The predicted octanol–water partition coefficient (Wildman–Crippen LogP) is 3.53. The summed E-state index contributed by atoms with van der Waals surface area (Å²) in [5.41, 5.74) is -3.24. The number of benzene rings is 2. The number of nitriles is 1. The zero-order chi connectivity index (χ0) is 23.6. The van der Waals surface area contributed by atoms with E-state index in [-0.39, 0.29) is 21.7 Å². The third kappa shape index (κ3) is 5.80. The highest BCUT2D eigenvalue weighted by Gasteiger charge is 2.39. The number of anilines is 1. The Morgan fingerprint density at radius 3 is 2.29 bits per heavy atom. The lowest BCUT2D eigenvalue weighted by Crippen LogP contribution is -2.45. The van der Waals surface area contributed by atoms with Crippen LogP contribution in [0.2, 0.25) is 0 Å². The van der Waals surface area contributed by atoms with Crippen LogP contribution >= 0.6 is 0 Å². The molecule has 2 N–H and O–H groups in total. The summed E-state index contributed by atoms with van der Waals surface area (Å²) in [6.45, 7) is 1.78. The van der Waals surface area contributed by atoms with Gasteiger partial charge in [0.25, 0.3) is 5.91 Å². The molecular weight excluding hydrogens is 440 g/mol. The van der Waals surface area contributed by atoms with Crippen molar-refractivity contribution >= 4 is 21.4 Å². The molecule has 11 heteroatoms. The molecule has 0 fully saturated rings. The molecular formula is C20H18F4N2O4S. The Bertz CT molecular complexity index is 1120. The van der Waals surface area contributed by atoms with Crippen molar-refractivity contribution in [3.05, 3.63) is 59.4 Å². The van der Waals surface area contributed by atoms with Crippen molar-refractivity contribution in [3.63, 3.8) is 0 Å². The topological polar surface area (TPSA) is 107 Å². The molecule has 0 aliphatic rings. The second-order valence-corrected chi connectivity index (χ2v) is 9.11. The monoisotopic (exact) mass is 458 g/mol. The minimum atomic E-state index is -4.64. The first-order valence-corrected chi connectivity index (χ1v) is 10.5. The summed E-state index contributed by atoms with van der Waals surface area (Å²) in [6, 6.07) is 8.59. The molecule has 0 heterocycles. The van der Waals surface area contributed by atoms with Crippen LogP contribution in [0.25, 0.3) is 0 Å². The summed E-state index contributed by atoms with van der Waals surface area (Å²) in [5.74, 6) is -4.92. The van der Waals surface area contributed by atoms with Gasteiger partial charge in [0.2, 0.25) is 0 Å². The van der Waals surface area contributed by atoms with Gasteiger partial charge in [-0.25, -0.2) is 12.8 Å². The van der Waals surface area contributed by atoms with Crippen molar-refractivity contribution in [2.45, 2.75) is 36.4 Å². The fourth-order valence-electron chi connectivity index (χ4n) is 2.70. The molecule has 0 spiro atoms. The summed E-state index contributed by atoms with van der Waals surface area (Å²) in [4.78, 5) is 12.1. The third-order valence-electron chi connectivity index (χ3n) is 4.52. The number of alkyl halides is 3. The molecule has 0 bridgehead atoms. The van der Waals surface area contributed by atoms with E-state index in [4.69, 9.17) is 5.26 Å². The number of rotatable bonds is 6. The van der Waals surface area contributed by atoms with Crippen molar-refractivity contribution in [2.24, 2.45) is 0 Å². The average molecular weight is 458 g/mol. The number of halogens is 4. The lowest BCUT2D eigenvalue weighted by Gasteiger charge is -2.23. The Balaban J connectivity index is 2.27. The summed E-state index contributed by atoms with van der Waals surface area (Å²) >= 11 is 0. The van der Waals surface area contributed by atoms with Crippen LogP contribution in [0, 0.1) is 17.1 Å². The Hall–Kier alpha value is -2.97. The van der Waals surface area contributed by atoms with Crippen molar-refractivity contribution < 1.29 is 35.9 Å². The average Bonchev–Trinajstić information content (AvgIpc) is 2.66. The fourth-order valence-corrected chi connectivity index (χ4v) is 4.29. The minimum Gasteiger partial charge on any atom is -0.379 e. The van der Waals surface area contributed by atoms with Crippen molar-refractivity contribution in [2.75, 3.05) is 11.1 Å². The van der Waals surface area contributed by atoms with Crippen LogP contribution in [-0.4, -0.2) is 37.0 Å². The zero-order valence-corrected chi connectivity index (χ0v) is 17.2. The Morgan fingerprint density at radius 1 is 1.19 bits per heavy atom.